The predicted molar refractivity (Wildman–Crippen MR) is 129 cm³/mol. The van der Waals surface area contributed by atoms with Gasteiger partial charge in [0.15, 0.2) is 0 Å². The smallest absolute Gasteiger partial charge is 0.342 e. The van der Waals surface area contributed by atoms with Gasteiger partial charge in [-0.05, 0) is 22.9 Å². The van der Waals surface area contributed by atoms with E-state index in [4.69, 9.17) is 0 Å². The highest BCUT2D eigenvalue weighted by molar-refractivity contribution is 8.77. The van der Waals surface area contributed by atoms with Crippen LogP contribution < -0.4 is 0 Å². The van der Waals surface area contributed by atoms with Crippen molar-refractivity contribution in [1.29, 1.82) is 0 Å². The Morgan fingerprint density at radius 1 is 0.914 bits per heavy atom. The standard InChI is InChI=1S/C15H22N2O12P4S2/c18-13-4-5-14(19)17(13)29-15(20)7-30(21,22)8-31(23,24)9-32(25,26)10-33(27,28)11-34-35-12-3-1-2-6-16-12/h1-3,6H,4-5,7-11H2,(H,21,22)(H,23,24)(H,25,26)(H,27,28). The summed E-state index contributed by atoms with van der Waals surface area (Å²) in [5.74, 6) is -7.25. The maximum absolute atomic E-state index is 12.4. The van der Waals surface area contributed by atoms with Gasteiger partial charge in [0.25, 0.3) is 11.8 Å². The third-order valence-corrected chi connectivity index (χ3v) is 19.7. The lowest BCUT2D eigenvalue weighted by Crippen LogP contribution is -2.33. The molecule has 0 aliphatic carbocycles. The van der Waals surface area contributed by atoms with Crippen molar-refractivity contribution in [3.05, 3.63) is 24.4 Å². The van der Waals surface area contributed by atoms with Crippen LogP contribution in [-0.4, -0.2) is 76.8 Å². The fourth-order valence-corrected chi connectivity index (χ4v) is 19.2. The summed E-state index contributed by atoms with van der Waals surface area (Å²) < 4.78 is 49.4. The molecule has 4 atom stereocenters. The second-order valence-corrected chi connectivity index (χ2v) is 21.1. The highest BCUT2D eigenvalue weighted by atomic mass is 33.1. The average Bonchev–Trinajstić information content (AvgIpc) is 2.97. The topological polar surface area (TPSA) is 226 Å². The van der Waals surface area contributed by atoms with Gasteiger partial charge in [0, 0.05) is 19.0 Å². The summed E-state index contributed by atoms with van der Waals surface area (Å²) in [5.41, 5.74) is -0.465. The molecular weight excluding hydrogens is 588 g/mol. The van der Waals surface area contributed by atoms with Crippen molar-refractivity contribution < 1.29 is 57.1 Å². The van der Waals surface area contributed by atoms with E-state index in [0.717, 1.165) is 21.6 Å². The number of carbonyl (C=O) groups is 3. The molecule has 2 rings (SSSR count). The molecule has 4 unspecified atom stereocenters. The Morgan fingerprint density at radius 2 is 1.46 bits per heavy atom. The van der Waals surface area contributed by atoms with Gasteiger partial charge in [-0.2, -0.15) is 0 Å². The van der Waals surface area contributed by atoms with E-state index < -0.39 is 76.6 Å². The van der Waals surface area contributed by atoms with Crippen molar-refractivity contribution in [3.63, 3.8) is 0 Å². The molecule has 20 heteroatoms. The van der Waals surface area contributed by atoms with Crippen LogP contribution >= 0.6 is 51.1 Å². The van der Waals surface area contributed by atoms with E-state index in [1.54, 1.807) is 18.2 Å². The van der Waals surface area contributed by atoms with Crippen LogP contribution in [-0.2, 0) is 37.5 Å². The van der Waals surface area contributed by atoms with Crippen molar-refractivity contribution in [3.8, 4) is 0 Å². The SMILES string of the molecule is O=C(CP(=O)(O)CP(=O)(O)CP(=O)(O)CP(=O)(O)CSSc1ccccn1)ON1C(=O)CCC1=O. The lowest BCUT2D eigenvalue weighted by Gasteiger charge is -2.21. The maximum Gasteiger partial charge on any atom is 0.342 e. The Balaban J connectivity index is 1.90. The largest absolute Gasteiger partial charge is 0.344 e. The number of pyridine rings is 1. The minimum atomic E-state index is -4.85. The van der Waals surface area contributed by atoms with Gasteiger partial charge in [-0.15, -0.1) is 5.06 Å². The molecule has 2 amide bonds. The van der Waals surface area contributed by atoms with Crippen LogP contribution in [0.4, 0.5) is 0 Å². The number of hydroxylamine groups is 2. The summed E-state index contributed by atoms with van der Waals surface area (Å²) in [6.07, 6.45) is -0.261. The first-order valence-electron chi connectivity index (χ1n) is 9.50. The molecular formula is C15H22N2O12P4S2. The number of aromatic nitrogens is 1. The van der Waals surface area contributed by atoms with E-state index in [9.17, 15) is 52.2 Å². The van der Waals surface area contributed by atoms with Crippen LogP contribution in [0, 0.1) is 0 Å². The van der Waals surface area contributed by atoms with E-state index in [2.05, 4.69) is 9.82 Å². The van der Waals surface area contributed by atoms with Crippen molar-refractivity contribution in [2.24, 2.45) is 0 Å². The van der Waals surface area contributed by atoms with E-state index in [-0.39, 0.29) is 17.9 Å². The zero-order chi connectivity index (χ0) is 26.5. The van der Waals surface area contributed by atoms with E-state index in [1.807, 2.05) is 0 Å². The molecule has 1 saturated heterocycles. The minimum absolute atomic E-state index is 0.131. The van der Waals surface area contributed by atoms with Gasteiger partial charge in [0.2, 0.25) is 29.5 Å². The molecule has 0 spiro atoms. The minimum Gasteiger partial charge on any atom is -0.344 e. The van der Waals surface area contributed by atoms with Crippen LogP contribution in [0.15, 0.2) is 29.4 Å². The Labute approximate surface area is 207 Å². The van der Waals surface area contributed by atoms with Crippen LogP contribution in [0.3, 0.4) is 0 Å². The third kappa shape index (κ3) is 11.0. The number of imide groups is 1. The number of amides is 2. The molecule has 0 bridgehead atoms. The summed E-state index contributed by atoms with van der Waals surface area (Å²) in [4.78, 5) is 83.1. The number of hydrogen-bond donors (Lipinski definition) is 4. The van der Waals surface area contributed by atoms with Crippen LogP contribution in [0.1, 0.15) is 12.8 Å². The van der Waals surface area contributed by atoms with E-state index in [1.165, 1.54) is 6.20 Å². The Morgan fingerprint density at radius 3 is 2.00 bits per heavy atom. The second kappa shape index (κ2) is 12.2. The summed E-state index contributed by atoms with van der Waals surface area (Å²) in [6.45, 7) is 0. The summed E-state index contributed by atoms with van der Waals surface area (Å²) in [7, 11) is -16.6. The molecule has 1 fully saturated rings. The lowest BCUT2D eigenvalue weighted by atomic mass is 10.4. The van der Waals surface area contributed by atoms with E-state index in [0.29, 0.717) is 5.03 Å². The first-order valence-corrected chi connectivity index (χ1v) is 19.9. The van der Waals surface area contributed by atoms with Gasteiger partial charge in [0.05, 0.1) is 5.49 Å². The molecule has 35 heavy (non-hydrogen) atoms. The fraction of sp³-hybridized carbons (Fsp3) is 0.467. The molecule has 0 aromatic carbocycles. The van der Waals surface area contributed by atoms with Crippen molar-refractivity contribution in [1.82, 2.24) is 10.0 Å². The number of hydrogen-bond acceptors (Lipinski definition) is 11. The molecule has 1 aromatic rings. The Bertz CT molecular complexity index is 1150. The van der Waals surface area contributed by atoms with Crippen molar-refractivity contribution >= 4 is 68.8 Å². The third-order valence-electron chi connectivity index (χ3n) is 3.94. The van der Waals surface area contributed by atoms with Crippen LogP contribution in [0.5, 0.6) is 0 Å². The average molecular weight is 610 g/mol. The summed E-state index contributed by atoms with van der Waals surface area (Å²) in [6, 6.07) is 5.01. The number of rotatable bonds is 13. The number of nitrogens with zero attached hydrogens (tertiary/aromatic N) is 2. The van der Waals surface area contributed by atoms with Gasteiger partial charge < -0.3 is 24.4 Å². The highest BCUT2D eigenvalue weighted by Crippen LogP contribution is 2.68. The summed E-state index contributed by atoms with van der Waals surface area (Å²) >= 11 is 0. The monoisotopic (exact) mass is 610 g/mol. The van der Waals surface area contributed by atoms with Gasteiger partial charge in [0.1, 0.15) is 28.9 Å². The van der Waals surface area contributed by atoms with Crippen LogP contribution in [0.2, 0.25) is 0 Å². The zero-order valence-corrected chi connectivity index (χ0v) is 23.0. The van der Waals surface area contributed by atoms with Gasteiger partial charge in [-0.3, -0.25) is 27.8 Å². The maximum atomic E-state index is 12.4. The van der Waals surface area contributed by atoms with Gasteiger partial charge in [-0.1, -0.05) is 16.9 Å². The first kappa shape index (κ1) is 30.4. The summed E-state index contributed by atoms with van der Waals surface area (Å²) in [5, 5.41) is 0.659. The normalized spacial score (nSPS) is 21.0. The first-order chi connectivity index (χ1) is 16.0. The van der Waals surface area contributed by atoms with Crippen molar-refractivity contribution in [2.45, 2.75) is 17.9 Å². The number of carbonyl (C=O) groups excluding carboxylic acids is 3. The van der Waals surface area contributed by atoms with Gasteiger partial charge >= 0.3 is 5.97 Å². The lowest BCUT2D eigenvalue weighted by molar-refractivity contribution is -0.195. The molecule has 196 valence electrons. The molecule has 4 N–H and O–H groups in total. The molecule has 1 aliphatic rings. The molecule has 2 heterocycles. The predicted octanol–water partition coefficient (Wildman–Crippen LogP) is 2.34. The highest BCUT2D eigenvalue weighted by Gasteiger charge is 2.42. The zero-order valence-electron chi connectivity index (χ0n) is 17.8. The second-order valence-electron chi connectivity index (χ2n) is 7.51. The van der Waals surface area contributed by atoms with E-state index >= 15 is 0 Å². The fourth-order valence-electron chi connectivity index (χ4n) is 2.77. The Kier molecular flexibility index (Phi) is 10.6. The molecule has 0 saturated carbocycles. The molecule has 0 radical (unpaired) electrons. The quantitative estimate of drug-likeness (QED) is 0.143. The van der Waals surface area contributed by atoms with Crippen LogP contribution in [0.25, 0.3) is 0 Å². The van der Waals surface area contributed by atoms with Gasteiger partial charge in [-0.25, -0.2) is 9.78 Å². The van der Waals surface area contributed by atoms with Crippen molar-refractivity contribution in [2.75, 3.05) is 29.4 Å². The molecule has 1 aromatic heterocycles. The molecule has 14 nitrogen and oxygen atoms in total. The Hall–Kier alpha value is -0.780. The molecule has 1 aliphatic heterocycles.